The number of amides is 3. The van der Waals surface area contributed by atoms with E-state index in [9.17, 15) is 9.59 Å². The summed E-state index contributed by atoms with van der Waals surface area (Å²) in [6.07, 6.45) is 0. The van der Waals surface area contributed by atoms with Crippen molar-refractivity contribution in [2.75, 3.05) is 7.11 Å². The predicted octanol–water partition coefficient (Wildman–Crippen LogP) is 0.565. The molecule has 0 saturated carbocycles. The Morgan fingerprint density at radius 2 is 2.31 bits per heavy atom. The number of nitrogens with one attached hydrogen (secondary N) is 1. The summed E-state index contributed by atoms with van der Waals surface area (Å²) in [6.45, 7) is 0. The Bertz CT molecular complexity index is 334. The van der Waals surface area contributed by atoms with Gasteiger partial charge in [0.05, 0.1) is 12.0 Å². The molecule has 0 saturated heterocycles. The monoisotopic (exact) mass is 200 g/mol. The van der Waals surface area contributed by atoms with Gasteiger partial charge in [-0.1, -0.05) is 0 Å². The number of carbonyl (C=O) groups is 2. The number of hydrogen-bond acceptors (Lipinski definition) is 4. The molecule has 0 aliphatic heterocycles. The predicted molar refractivity (Wildman–Crippen MR) is 47.9 cm³/mol. The van der Waals surface area contributed by atoms with Crippen LogP contribution in [0.1, 0.15) is 9.67 Å². The summed E-state index contributed by atoms with van der Waals surface area (Å²) in [5.41, 5.74) is 4.77. The Morgan fingerprint density at radius 1 is 1.62 bits per heavy atom. The highest BCUT2D eigenvalue weighted by atomic mass is 32.1. The van der Waals surface area contributed by atoms with E-state index >= 15 is 0 Å². The summed E-state index contributed by atoms with van der Waals surface area (Å²) in [6, 6.07) is 0.667. The van der Waals surface area contributed by atoms with E-state index in [0.29, 0.717) is 10.6 Å². The first-order chi connectivity index (χ1) is 6.13. The average Bonchev–Trinajstić information content (AvgIpc) is 2.50. The Labute approximate surface area is 78.5 Å². The molecule has 3 N–H and O–H groups in total. The largest absolute Gasteiger partial charge is 0.496 e. The van der Waals surface area contributed by atoms with Crippen molar-refractivity contribution in [2.24, 2.45) is 5.73 Å². The van der Waals surface area contributed by atoms with Gasteiger partial charge in [-0.3, -0.25) is 10.1 Å². The summed E-state index contributed by atoms with van der Waals surface area (Å²) in [5, 5.41) is 3.61. The fraction of sp³-hybridized carbons (Fsp3) is 0.143. The topological polar surface area (TPSA) is 81.4 Å². The van der Waals surface area contributed by atoms with E-state index < -0.39 is 11.9 Å². The molecule has 6 heteroatoms. The number of imide groups is 1. The molecule has 0 aliphatic rings. The van der Waals surface area contributed by atoms with Gasteiger partial charge in [-0.2, -0.15) is 0 Å². The molecule has 1 aromatic rings. The Morgan fingerprint density at radius 3 is 2.77 bits per heavy atom. The fourth-order valence-electron chi connectivity index (χ4n) is 0.718. The Kier molecular flexibility index (Phi) is 2.86. The molecule has 0 atom stereocenters. The van der Waals surface area contributed by atoms with Crippen LogP contribution in [0.25, 0.3) is 0 Å². The molecule has 1 heterocycles. The summed E-state index contributed by atoms with van der Waals surface area (Å²) in [5.74, 6) is 0.0698. The van der Waals surface area contributed by atoms with Crippen LogP contribution in [0, 0.1) is 0 Å². The maximum Gasteiger partial charge on any atom is 0.319 e. The highest BCUT2D eigenvalue weighted by Crippen LogP contribution is 2.20. The van der Waals surface area contributed by atoms with Crippen molar-refractivity contribution in [3.8, 4) is 5.75 Å². The molecular weight excluding hydrogens is 192 g/mol. The molecule has 0 fully saturated rings. The second-order valence-corrected chi connectivity index (χ2v) is 3.08. The minimum Gasteiger partial charge on any atom is -0.496 e. The van der Waals surface area contributed by atoms with Gasteiger partial charge in [0, 0.05) is 11.4 Å². The highest BCUT2D eigenvalue weighted by Gasteiger charge is 2.10. The van der Waals surface area contributed by atoms with E-state index in [4.69, 9.17) is 10.5 Å². The zero-order chi connectivity index (χ0) is 9.84. The minimum absolute atomic E-state index is 0.385. The van der Waals surface area contributed by atoms with Gasteiger partial charge in [0.25, 0.3) is 5.91 Å². The lowest BCUT2D eigenvalue weighted by Crippen LogP contribution is -2.34. The second-order valence-electron chi connectivity index (χ2n) is 2.17. The first-order valence-corrected chi connectivity index (χ1v) is 4.24. The van der Waals surface area contributed by atoms with Gasteiger partial charge in [-0.05, 0) is 0 Å². The molecule has 0 radical (unpaired) electrons. The molecule has 5 nitrogen and oxygen atoms in total. The van der Waals surface area contributed by atoms with Crippen molar-refractivity contribution < 1.29 is 14.3 Å². The van der Waals surface area contributed by atoms with Gasteiger partial charge >= 0.3 is 6.03 Å². The van der Waals surface area contributed by atoms with E-state index in [1.807, 2.05) is 5.32 Å². The third kappa shape index (κ3) is 2.45. The van der Waals surface area contributed by atoms with Crippen LogP contribution in [0.15, 0.2) is 11.4 Å². The normalized spacial score (nSPS) is 9.31. The van der Waals surface area contributed by atoms with Crippen molar-refractivity contribution in [3.05, 3.63) is 16.3 Å². The summed E-state index contributed by atoms with van der Waals surface area (Å²) >= 11 is 1.18. The van der Waals surface area contributed by atoms with Crippen LogP contribution in [-0.2, 0) is 0 Å². The second kappa shape index (κ2) is 3.90. The molecule has 0 aromatic carbocycles. The molecule has 13 heavy (non-hydrogen) atoms. The quantitative estimate of drug-likeness (QED) is 0.732. The van der Waals surface area contributed by atoms with Crippen LogP contribution in [0.3, 0.4) is 0 Å². The van der Waals surface area contributed by atoms with Crippen LogP contribution in [0.4, 0.5) is 4.79 Å². The van der Waals surface area contributed by atoms with Gasteiger partial charge < -0.3 is 10.5 Å². The SMILES string of the molecule is COc1csc(C(=O)NC(N)=O)c1. The maximum absolute atomic E-state index is 11.1. The molecule has 0 unspecified atom stereocenters. The summed E-state index contributed by atoms with van der Waals surface area (Å²) in [4.78, 5) is 21.8. The van der Waals surface area contributed by atoms with Gasteiger partial charge in [0.15, 0.2) is 0 Å². The van der Waals surface area contributed by atoms with E-state index in [0.717, 1.165) is 0 Å². The first kappa shape index (κ1) is 9.53. The average molecular weight is 200 g/mol. The molecular formula is C7H8N2O3S. The van der Waals surface area contributed by atoms with Crippen LogP contribution in [0.5, 0.6) is 5.75 Å². The van der Waals surface area contributed by atoms with Gasteiger partial charge in [-0.25, -0.2) is 4.79 Å². The highest BCUT2D eigenvalue weighted by molar-refractivity contribution is 7.12. The summed E-state index contributed by atoms with van der Waals surface area (Å²) in [7, 11) is 1.50. The molecule has 70 valence electrons. The van der Waals surface area contributed by atoms with Crippen molar-refractivity contribution in [1.29, 1.82) is 0 Å². The maximum atomic E-state index is 11.1. The van der Waals surface area contributed by atoms with Crippen molar-refractivity contribution in [2.45, 2.75) is 0 Å². The smallest absolute Gasteiger partial charge is 0.319 e. The molecule has 0 aliphatic carbocycles. The fourth-order valence-corrected chi connectivity index (χ4v) is 1.47. The van der Waals surface area contributed by atoms with Crippen LogP contribution < -0.4 is 15.8 Å². The van der Waals surface area contributed by atoms with E-state index in [-0.39, 0.29) is 0 Å². The zero-order valence-electron chi connectivity index (χ0n) is 6.87. The number of hydrogen-bond donors (Lipinski definition) is 2. The standard InChI is InChI=1S/C7H8N2O3S/c1-12-4-2-5(13-3-4)6(10)9-7(8)11/h2-3H,1H3,(H3,8,9,10,11). The number of nitrogens with two attached hydrogens (primary N) is 1. The van der Waals surface area contributed by atoms with Crippen LogP contribution in [-0.4, -0.2) is 19.0 Å². The third-order valence-electron chi connectivity index (χ3n) is 1.27. The lowest BCUT2D eigenvalue weighted by Gasteiger charge is -1.95. The first-order valence-electron chi connectivity index (χ1n) is 3.37. The summed E-state index contributed by atoms with van der Waals surface area (Å²) < 4.78 is 4.86. The van der Waals surface area contributed by atoms with Gasteiger partial charge in [0.1, 0.15) is 5.75 Å². The zero-order valence-corrected chi connectivity index (χ0v) is 7.68. The number of primary amides is 1. The number of methoxy groups -OCH3 is 1. The molecule has 0 spiro atoms. The van der Waals surface area contributed by atoms with Gasteiger partial charge in [0.2, 0.25) is 0 Å². The number of rotatable bonds is 2. The third-order valence-corrected chi connectivity index (χ3v) is 2.18. The van der Waals surface area contributed by atoms with Gasteiger partial charge in [-0.15, -0.1) is 11.3 Å². The van der Waals surface area contributed by atoms with Crippen molar-refractivity contribution in [1.82, 2.24) is 5.32 Å². The van der Waals surface area contributed by atoms with E-state index in [2.05, 4.69) is 0 Å². The molecule has 3 amide bonds. The van der Waals surface area contributed by atoms with Crippen molar-refractivity contribution in [3.63, 3.8) is 0 Å². The van der Waals surface area contributed by atoms with E-state index in [1.165, 1.54) is 24.5 Å². The lowest BCUT2D eigenvalue weighted by molar-refractivity contribution is 0.0970. The lowest BCUT2D eigenvalue weighted by atomic mass is 10.4. The van der Waals surface area contributed by atoms with Crippen molar-refractivity contribution >= 4 is 23.3 Å². The Hall–Kier alpha value is -1.56. The number of carbonyl (C=O) groups excluding carboxylic acids is 2. The number of ether oxygens (including phenoxy) is 1. The number of urea groups is 1. The minimum atomic E-state index is -0.864. The Balaban J connectivity index is 2.71. The molecule has 0 bridgehead atoms. The van der Waals surface area contributed by atoms with E-state index in [1.54, 1.807) is 5.38 Å². The van der Waals surface area contributed by atoms with Crippen LogP contribution >= 0.6 is 11.3 Å². The molecule has 1 rings (SSSR count). The number of thiophene rings is 1. The van der Waals surface area contributed by atoms with Crippen LogP contribution in [0.2, 0.25) is 0 Å². The molecule has 1 aromatic heterocycles.